The first-order chi connectivity index (χ1) is 6.29. The van der Waals surface area contributed by atoms with Gasteiger partial charge in [-0.2, -0.15) is 0 Å². The van der Waals surface area contributed by atoms with Crippen molar-refractivity contribution in [2.45, 2.75) is 37.7 Å². The molecule has 0 unspecified atom stereocenters. The zero-order valence-corrected chi connectivity index (χ0v) is 7.74. The Labute approximate surface area is 78.6 Å². The SMILES string of the molecule is OC1(Cc2ccccn2)CCCC1. The molecule has 0 saturated heterocycles. The Morgan fingerprint density at radius 3 is 2.69 bits per heavy atom. The lowest BCUT2D eigenvalue weighted by atomic mass is 9.96. The third-order valence-electron chi connectivity index (χ3n) is 2.77. The summed E-state index contributed by atoms with van der Waals surface area (Å²) in [6.45, 7) is 0. The van der Waals surface area contributed by atoms with Crippen LogP contribution in [0.2, 0.25) is 0 Å². The minimum Gasteiger partial charge on any atom is -0.389 e. The lowest BCUT2D eigenvalue weighted by Crippen LogP contribution is -2.27. The number of rotatable bonds is 2. The molecule has 2 heteroatoms. The quantitative estimate of drug-likeness (QED) is 0.748. The van der Waals surface area contributed by atoms with Crippen molar-refractivity contribution in [2.24, 2.45) is 0 Å². The van der Waals surface area contributed by atoms with Gasteiger partial charge < -0.3 is 5.11 Å². The topological polar surface area (TPSA) is 33.1 Å². The van der Waals surface area contributed by atoms with Crippen molar-refractivity contribution in [1.82, 2.24) is 4.98 Å². The summed E-state index contributed by atoms with van der Waals surface area (Å²) in [4.78, 5) is 4.23. The lowest BCUT2D eigenvalue weighted by molar-refractivity contribution is 0.0472. The van der Waals surface area contributed by atoms with E-state index in [0.29, 0.717) is 6.42 Å². The molecule has 1 aliphatic rings. The molecule has 1 N–H and O–H groups in total. The molecule has 1 aromatic heterocycles. The molecule has 0 aliphatic heterocycles. The van der Waals surface area contributed by atoms with Gasteiger partial charge in [-0.3, -0.25) is 4.98 Å². The van der Waals surface area contributed by atoms with Crippen LogP contribution in [0.4, 0.5) is 0 Å². The molecular formula is C11H15NO. The van der Waals surface area contributed by atoms with Crippen LogP contribution in [-0.4, -0.2) is 15.7 Å². The van der Waals surface area contributed by atoms with Crippen molar-refractivity contribution in [3.63, 3.8) is 0 Å². The summed E-state index contributed by atoms with van der Waals surface area (Å²) in [5.74, 6) is 0. The normalized spacial score (nSPS) is 20.4. The van der Waals surface area contributed by atoms with Gasteiger partial charge in [0.2, 0.25) is 0 Å². The Morgan fingerprint density at radius 1 is 1.31 bits per heavy atom. The molecule has 1 aliphatic carbocycles. The van der Waals surface area contributed by atoms with Gasteiger partial charge >= 0.3 is 0 Å². The van der Waals surface area contributed by atoms with E-state index in [1.54, 1.807) is 6.20 Å². The Kier molecular flexibility index (Phi) is 2.32. The Hall–Kier alpha value is -0.890. The smallest absolute Gasteiger partial charge is 0.0703 e. The fraction of sp³-hybridized carbons (Fsp3) is 0.545. The Bertz CT molecular complexity index is 265. The summed E-state index contributed by atoms with van der Waals surface area (Å²) in [6.07, 6.45) is 6.68. The first-order valence-electron chi connectivity index (χ1n) is 4.91. The molecule has 0 atom stereocenters. The van der Waals surface area contributed by atoms with E-state index in [0.717, 1.165) is 31.4 Å². The second-order valence-electron chi connectivity index (χ2n) is 3.93. The minimum atomic E-state index is -0.464. The maximum absolute atomic E-state index is 10.1. The number of aliphatic hydroxyl groups is 1. The molecule has 2 nitrogen and oxygen atoms in total. The van der Waals surface area contributed by atoms with Crippen LogP contribution in [0.5, 0.6) is 0 Å². The summed E-state index contributed by atoms with van der Waals surface area (Å²) in [7, 11) is 0. The fourth-order valence-electron chi connectivity index (χ4n) is 2.05. The molecule has 0 amide bonds. The number of nitrogens with zero attached hydrogens (tertiary/aromatic N) is 1. The van der Waals surface area contributed by atoms with Crippen molar-refractivity contribution in [3.05, 3.63) is 30.1 Å². The molecule has 1 aromatic rings. The first kappa shape index (κ1) is 8.70. The van der Waals surface area contributed by atoms with Gasteiger partial charge in [0.05, 0.1) is 5.60 Å². The van der Waals surface area contributed by atoms with E-state index in [4.69, 9.17) is 0 Å². The van der Waals surface area contributed by atoms with Crippen LogP contribution in [0.3, 0.4) is 0 Å². The molecule has 0 radical (unpaired) electrons. The minimum absolute atomic E-state index is 0.464. The summed E-state index contributed by atoms with van der Waals surface area (Å²) in [5, 5.41) is 10.1. The average molecular weight is 177 g/mol. The first-order valence-corrected chi connectivity index (χ1v) is 4.91. The fourth-order valence-corrected chi connectivity index (χ4v) is 2.05. The van der Waals surface area contributed by atoms with Crippen LogP contribution in [0.25, 0.3) is 0 Å². The summed E-state index contributed by atoms with van der Waals surface area (Å²) >= 11 is 0. The van der Waals surface area contributed by atoms with Gasteiger partial charge in [-0.15, -0.1) is 0 Å². The van der Waals surface area contributed by atoms with Crippen LogP contribution in [0, 0.1) is 0 Å². The highest BCUT2D eigenvalue weighted by molar-refractivity contribution is 5.07. The van der Waals surface area contributed by atoms with Crippen molar-refractivity contribution in [2.75, 3.05) is 0 Å². The van der Waals surface area contributed by atoms with E-state index in [2.05, 4.69) is 4.98 Å². The predicted octanol–water partition coefficient (Wildman–Crippen LogP) is 1.93. The number of aromatic nitrogens is 1. The Balaban J connectivity index is 2.05. The van der Waals surface area contributed by atoms with Gasteiger partial charge in [0.1, 0.15) is 0 Å². The van der Waals surface area contributed by atoms with E-state index in [-0.39, 0.29) is 0 Å². The van der Waals surface area contributed by atoms with E-state index < -0.39 is 5.60 Å². The van der Waals surface area contributed by atoms with Crippen molar-refractivity contribution >= 4 is 0 Å². The van der Waals surface area contributed by atoms with Crippen LogP contribution >= 0.6 is 0 Å². The average Bonchev–Trinajstić information content (AvgIpc) is 2.54. The molecule has 0 bridgehead atoms. The third-order valence-corrected chi connectivity index (χ3v) is 2.77. The highest BCUT2D eigenvalue weighted by Crippen LogP contribution is 2.31. The summed E-state index contributed by atoms with van der Waals surface area (Å²) in [6, 6.07) is 5.86. The molecular weight excluding hydrogens is 162 g/mol. The number of pyridine rings is 1. The summed E-state index contributed by atoms with van der Waals surface area (Å²) in [5.41, 5.74) is 0.542. The van der Waals surface area contributed by atoms with Crippen LogP contribution in [-0.2, 0) is 6.42 Å². The lowest BCUT2D eigenvalue weighted by Gasteiger charge is -2.21. The maximum Gasteiger partial charge on any atom is 0.0703 e. The molecule has 1 heterocycles. The molecule has 0 aromatic carbocycles. The van der Waals surface area contributed by atoms with E-state index in [1.807, 2.05) is 18.2 Å². The van der Waals surface area contributed by atoms with Gasteiger partial charge in [0.25, 0.3) is 0 Å². The van der Waals surface area contributed by atoms with Crippen LogP contribution < -0.4 is 0 Å². The maximum atomic E-state index is 10.1. The molecule has 13 heavy (non-hydrogen) atoms. The van der Waals surface area contributed by atoms with Gasteiger partial charge in [-0.05, 0) is 25.0 Å². The number of hydrogen-bond donors (Lipinski definition) is 1. The van der Waals surface area contributed by atoms with Crippen molar-refractivity contribution in [1.29, 1.82) is 0 Å². The van der Waals surface area contributed by atoms with Gasteiger partial charge in [-0.25, -0.2) is 0 Å². The molecule has 70 valence electrons. The second kappa shape index (κ2) is 3.46. The number of hydrogen-bond acceptors (Lipinski definition) is 2. The Morgan fingerprint density at radius 2 is 2.08 bits per heavy atom. The monoisotopic (exact) mass is 177 g/mol. The highest BCUT2D eigenvalue weighted by Gasteiger charge is 2.31. The standard InChI is InChI=1S/C11H15NO/c13-11(6-2-3-7-11)9-10-5-1-4-8-12-10/h1,4-5,8,13H,2-3,6-7,9H2. The van der Waals surface area contributed by atoms with Crippen LogP contribution in [0.1, 0.15) is 31.4 Å². The highest BCUT2D eigenvalue weighted by atomic mass is 16.3. The van der Waals surface area contributed by atoms with Crippen molar-refractivity contribution in [3.8, 4) is 0 Å². The van der Waals surface area contributed by atoms with Gasteiger partial charge in [-0.1, -0.05) is 18.9 Å². The molecule has 2 rings (SSSR count). The van der Waals surface area contributed by atoms with Gasteiger partial charge in [0.15, 0.2) is 0 Å². The predicted molar refractivity (Wildman–Crippen MR) is 51.4 cm³/mol. The van der Waals surface area contributed by atoms with E-state index in [9.17, 15) is 5.11 Å². The van der Waals surface area contributed by atoms with Gasteiger partial charge in [0, 0.05) is 18.3 Å². The summed E-state index contributed by atoms with van der Waals surface area (Å²) < 4.78 is 0. The second-order valence-corrected chi connectivity index (χ2v) is 3.93. The van der Waals surface area contributed by atoms with E-state index in [1.165, 1.54) is 0 Å². The van der Waals surface area contributed by atoms with Crippen molar-refractivity contribution < 1.29 is 5.11 Å². The molecule has 0 spiro atoms. The molecule has 1 fully saturated rings. The molecule has 1 saturated carbocycles. The zero-order chi connectivity index (χ0) is 9.15. The van der Waals surface area contributed by atoms with E-state index >= 15 is 0 Å². The zero-order valence-electron chi connectivity index (χ0n) is 7.74. The largest absolute Gasteiger partial charge is 0.389 e. The van der Waals surface area contributed by atoms with Crippen LogP contribution in [0.15, 0.2) is 24.4 Å². The third kappa shape index (κ3) is 2.07.